The zero-order valence-electron chi connectivity index (χ0n) is 27.9. The number of carbonyl (C=O) groups excluding carboxylic acids is 2. The van der Waals surface area contributed by atoms with Gasteiger partial charge in [0.05, 0.1) is 26.4 Å². The van der Waals surface area contributed by atoms with Gasteiger partial charge in [0.15, 0.2) is 0 Å². The van der Waals surface area contributed by atoms with Gasteiger partial charge >= 0.3 is 23.9 Å². The number of aliphatic carboxylic acids is 2. The van der Waals surface area contributed by atoms with Crippen LogP contribution in [0.25, 0.3) is 11.1 Å². The Morgan fingerprint density at radius 2 is 0.915 bits per heavy atom. The minimum atomic E-state index is -1.14. The van der Waals surface area contributed by atoms with Crippen LogP contribution in [0, 0.1) is 5.41 Å². The van der Waals surface area contributed by atoms with E-state index in [4.69, 9.17) is 18.9 Å². The molecule has 2 N–H and O–H groups in total. The highest BCUT2D eigenvalue weighted by atomic mass is 16.5. The predicted octanol–water partition coefficient (Wildman–Crippen LogP) is 6.91. The molecule has 0 spiro atoms. The lowest BCUT2D eigenvalue weighted by molar-refractivity contribution is -0.140. The van der Waals surface area contributed by atoms with E-state index in [1.165, 1.54) is 13.8 Å². The smallest absolute Gasteiger partial charge is 0.333 e. The topological polar surface area (TPSA) is 146 Å². The first-order chi connectivity index (χ1) is 22.1. The molecule has 0 bridgehead atoms. The second-order valence-corrected chi connectivity index (χ2v) is 11.5. The van der Waals surface area contributed by atoms with Crippen LogP contribution >= 0.6 is 0 Å². The van der Waals surface area contributed by atoms with Gasteiger partial charge in [-0.3, -0.25) is 0 Å². The Hall–Kier alpha value is -5.12. The van der Waals surface area contributed by atoms with Gasteiger partial charge < -0.3 is 29.2 Å². The van der Waals surface area contributed by atoms with Gasteiger partial charge in [-0.15, -0.1) is 0 Å². The van der Waals surface area contributed by atoms with Gasteiger partial charge in [-0.1, -0.05) is 51.3 Å². The summed E-state index contributed by atoms with van der Waals surface area (Å²) in [5, 5.41) is 20.2. The van der Waals surface area contributed by atoms with Crippen LogP contribution in [0.1, 0.15) is 65.5 Å². The van der Waals surface area contributed by atoms with E-state index in [0.717, 1.165) is 0 Å². The van der Waals surface area contributed by atoms with E-state index < -0.39 is 29.3 Å². The molecule has 2 aromatic carbocycles. The molecule has 0 aliphatic heterocycles. The fourth-order valence-electron chi connectivity index (χ4n) is 4.94. The second kappa shape index (κ2) is 17.5. The summed E-state index contributed by atoms with van der Waals surface area (Å²) in [5.41, 5.74) is 1.71. The van der Waals surface area contributed by atoms with E-state index in [1.807, 2.05) is 0 Å². The molecule has 0 radical (unpaired) electrons. The monoisotopic (exact) mass is 648 g/mol. The lowest BCUT2D eigenvalue weighted by Gasteiger charge is -2.34. The van der Waals surface area contributed by atoms with Gasteiger partial charge in [0.2, 0.25) is 0 Å². The van der Waals surface area contributed by atoms with E-state index in [1.54, 1.807) is 76.2 Å². The normalized spacial score (nSPS) is 12.2. The number of rotatable bonds is 18. The standard InChI is InChI=1S/C37H44O10/c1-23(2)35(42)46-21-9-19-44-29-15-11-27(12-16-29)31(25(5)33(38)39)37(7,8)32(26(6)34(40)41)28-13-17-30(18-14-28)45-20-10-22-47-36(43)24(3)4/h11-18H,1,3,9-10,19-22H2,2,4-8H3,(H,38,39)(H,40,41). The molecule has 0 fully saturated rings. The number of carbonyl (C=O) groups is 4. The number of esters is 2. The maximum absolute atomic E-state index is 12.3. The molecule has 47 heavy (non-hydrogen) atoms. The molecule has 0 amide bonds. The maximum Gasteiger partial charge on any atom is 0.333 e. The van der Waals surface area contributed by atoms with Crippen molar-refractivity contribution in [2.45, 2.75) is 54.4 Å². The number of carboxylic acid groups (broad SMARTS) is 2. The van der Waals surface area contributed by atoms with Gasteiger partial charge in [0, 0.05) is 40.5 Å². The molecular weight excluding hydrogens is 604 g/mol. The zero-order valence-corrected chi connectivity index (χ0v) is 27.9. The summed E-state index contributed by atoms with van der Waals surface area (Å²) in [5.74, 6) is -2.13. The Labute approximate surface area is 276 Å². The average Bonchev–Trinajstić information content (AvgIpc) is 3.01. The van der Waals surface area contributed by atoms with Crippen molar-refractivity contribution in [1.29, 1.82) is 0 Å². The van der Waals surface area contributed by atoms with Crippen LogP contribution in [-0.2, 0) is 28.7 Å². The fourth-order valence-corrected chi connectivity index (χ4v) is 4.94. The number of hydrogen-bond acceptors (Lipinski definition) is 8. The van der Waals surface area contributed by atoms with Crippen molar-refractivity contribution in [3.8, 4) is 11.5 Å². The highest BCUT2D eigenvalue weighted by molar-refractivity contribution is 6.04. The predicted molar refractivity (Wildman–Crippen MR) is 179 cm³/mol. The molecule has 252 valence electrons. The number of benzene rings is 2. The molecule has 0 aromatic heterocycles. The Morgan fingerprint density at radius 1 is 0.596 bits per heavy atom. The number of carboxylic acids is 2. The van der Waals surface area contributed by atoms with Crippen LogP contribution in [-0.4, -0.2) is 60.5 Å². The van der Waals surface area contributed by atoms with E-state index in [9.17, 15) is 29.4 Å². The van der Waals surface area contributed by atoms with E-state index in [-0.39, 0.29) is 37.6 Å². The Bertz CT molecular complexity index is 1420. The van der Waals surface area contributed by atoms with Crippen molar-refractivity contribution in [3.63, 3.8) is 0 Å². The second-order valence-electron chi connectivity index (χ2n) is 11.5. The number of allylic oxidation sites excluding steroid dienone is 2. The quantitative estimate of drug-likeness (QED) is 0.0994. The van der Waals surface area contributed by atoms with Crippen LogP contribution in [0.3, 0.4) is 0 Å². The summed E-state index contributed by atoms with van der Waals surface area (Å²) in [6.45, 7) is 17.7. The molecule has 0 unspecified atom stereocenters. The minimum absolute atomic E-state index is 0.0611. The average molecular weight is 649 g/mol. The fraction of sp³-hybridized carbons (Fsp3) is 0.351. The van der Waals surface area contributed by atoms with Crippen LogP contribution in [0.2, 0.25) is 0 Å². The van der Waals surface area contributed by atoms with Crippen molar-refractivity contribution < 1.29 is 48.3 Å². The van der Waals surface area contributed by atoms with Crippen LogP contribution in [0.5, 0.6) is 11.5 Å². The number of hydrogen-bond donors (Lipinski definition) is 2. The van der Waals surface area contributed by atoms with Crippen LogP contribution < -0.4 is 9.47 Å². The molecule has 10 heteroatoms. The van der Waals surface area contributed by atoms with Crippen LogP contribution in [0.4, 0.5) is 0 Å². The van der Waals surface area contributed by atoms with Gasteiger partial charge in [-0.05, 0) is 74.2 Å². The molecule has 10 nitrogen and oxygen atoms in total. The summed E-state index contributed by atoms with van der Waals surface area (Å²) in [4.78, 5) is 47.7. The van der Waals surface area contributed by atoms with Crippen LogP contribution in [0.15, 0.2) is 84.0 Å². The first-order valence-electron chi connectivity index (χ1n) is 15.1. The van der Waals surface area contributed by atoms with E-state index in [2.05, 4.69) is 13.2 Å². The molecule has 0 atom stereocenters. The van der Waals surface area contributed by atoms with Crippen molar-refractivity contribution in [2.75, 3.05) is 26.4 Å². The van der Waals surface area contributed by atoms with Crippen molar-refractivity contribution in [2.24, 2.45) is 5.41 Å². The molecule has 0 aliphatic rings. The minimum Gasteiger partial charge on any atom is -0.493 e. The third kappa shape index (κ3) is 11.0. The lowest BCUT2D eigenvalue weighted by Crippen LogP contribution is -2.22. The molecule has 0 heterocycles. The van der Waals surface area contributed by atoms with E-state index in [0.29, 0.717) is 57.8 Å². The summed E-state index contributed by atoms with van der Waals surface area (Å²) in [7, 11) is 0. The van der Waals surface area contributed by atoms with Crippen molar-refractivity contribution >= 4 is 35.0 Å². The Balaban J connectivity index is 2.33. The molecule has 0 saturated heterocycles. The SMILES string of the molecule is C=C(C)C(=O)OCCCOc1ccc(C(=C(C)C(=O)O)C(C)(C)C(=C(C)C(=O)O)c2ccc(OCCCOC(=O)C(=C)C)cc2)cc1. The lowest BCUT2D eigenvalue weighted by atomic mass is 9.69. The first-order valence-corrected chi connectivity index (χ1v) is 15.1. The van der Waals surface area contributed by atoms with Gasteiger partial charge in [0.1, 0.15) is 11.5 Å². The summed E-state index contributed by atoms with van der Waals surface area (Å²) < 4.78 is 21.7. The molecule has 2 aromatic rings. The first kappa shape index (κ1) is 38.1. The van der Waals surface area contributed by atoms with Crippen molar-refractivity contribution in [1.82, 2.24) is 0 Å². The molecular formula is C37H44O10. The van der Waals surface area contributed by atoms with Crippen molar-refractivity contribution in [3.05, 3.63) is 95.1 Å². The molecule has 0 saturated carbocycles. The van der Waals surface area contributed by atoms with E-state index >= 15 is 0 Å². The molecule has 0 aliphatic carbocycles. The zero-order chi connectivity index (χ0) is 35.3. The number of ether oxygens (including phenoxy) is 4. The highest BCUT2D eigenvalue weighted by Crippen LogP contribution is 2.49. The third-order valence-electron chi connectivity index (χ3n) is 7.21. The van der Waals surface area contributed by atoms with Gasteiger partial charge in [0.25, 0.3) is 0 Å². The Morgan fingerprint density at radius 3 is 1.19 bits per heavy atom. The maximum atomic E-state index is 12.3. The van der Waals surface area contributed by atoms with Gasteiger partial charge in [-0.2, -0.15) is 0 Å². The highest BCUT2D eigenvalue weighted by Gasteiger charge is 2.35. The summed E-state index contributed by atoms with van der Waals surface area (Å²) in [6.07, 6.45) is 0.933. The van der Waals surface area contributed by atoms with Gasteiger partial charge in [-0.25, -0.2) is 19.2 Å². The summed E-state index contributed by atoms with van der Waals surface area (Å²) >= 11 is 0. The largest absolute Gasteiger partial charge is 0.493 e. The summed E-state index contributed by atoms with van der Waals surface area (Å²) in [6, 6.07) is 13.8. The molecule has 2 rings (SSSR count). The Kier molecular flexibility index (Phi) is 14.2. The third-order valence-corrected chi connectivity index (χ3v) is 7.21.